The molecule has 2 aromatic carbocycles. The first-order valence-corrected chi connectivity index (χ1v) is 9.75. The summed E-state index contributed by atoms with van der Waals surface area (Å²) in [4.78, 5) is 0. The molecular formula is C21H21F3N4O3. The Morgan fingerprint density at radius 1 is 1.13 bits per heavy atom. The van der Waals surface area contributed by atoms with Gasteiger partial charge in [0.2, 0.25) is 0 Å². The Kier molecular flexibility index (Phi) is 6.21. The third kappa shape index (κ3) is 4.71. The Morgan fingerprint density at radius 2 is 1.97 bits per heavy atom. The number of benzene rings is 2. The van der Waals surface area contributed by atoms with Crippen molar-refractivity contribution in [3.8, 4) is 11.3 Å². The highest BCUT2D eigenvalue weighted by molar-refractivity contribution is 5.57. The van der Waals surface area contributed by atoms with Crippen molar-refractivity contribution in [1.82, 2.24) is 15.0 Å². The molecule has 4 rings (SSSR count). The van der Waals surface area contributed by atoms with Gasteiger partial charge in [-0.25, -0.2) is 17.9 Å². The van der Waals surface area contributed by atoms with Crippen LogP contribution in [0, 0.1) is 17.5 Å². The fourth-order valence-electron chi connectivity index (χ4n) is 3.64. The van der Waals surface area contributed by atoms with Gasteiger partial charge in [-0.2, -0.15) is 0 Å². The standard InChI is InChI=1S/C21H21F3N4O3/c22-13-3-1-2-12(6-13)18-10-28(27-26-18)19-8-15(31-20(11-29)21(19)30)9-25-14-4-5-16(23)17(24)7-14/h1-7,10,15,19-21,25,29-30H,8-9,11H2/t15-,19?,20?,21-/m1/s1. The van der Waals surface area contributed by atoms with Crippen molar-refractivity contribution < 1.29 is 28.1 Å². The summed E-state index contributed by atoms with van der Waals surface area (Å²) in [6.45, 7) is -0.180. The number of anilines is 1. The molecule has 1 aliphatic heterocycles. The summed E-state index contributed by atoms with van der Waals surface area (Å²) in [5.41, 5.74) is 1.36. The van der Waals surface area contributed by atoms with Crippen LogP contribution in [0.5, 0.6) is 0 Å². The molecule has 0 saturated carbocycles. The van der Waals surface area contributed by atoms with Gasteiger partial charge >= 0.3 is 0 Å². The van der Waals surface area contributed by atoms with Crippen LogP contribution in [0.2, 0.25) is 0 Å². The summed E-state index contributed by atoms with van der Waals surface area (Å²) in [5, 5.41) is 31.4. The quantitative estimate of drug-likeness (QED) is 0.552. The smallest absolute Gasteiger partial charge is 0.160 e. The van der Waals surface area contributed by atoms with E-state index in [-0.39, 0.29) is 6.54 Å². The number of nitrogens with one attached hydrogen (secondary N) is 1. The molecule has 4 atom stereocenters. The van der Waals surface area contributed by atoms with Gasteiger partial charge in [0, 0.05) is 30.3 Å². The molecule has 0 aliphatic carbocycles. The highest BCUT2D eigenvalue weighted by Gasteiger charge is 2.39. The molecule has 31 heavy (non-hydrogen) atoms. The summed E-state index contributed by atoms with van der Waals surface area (Å²) >= 11 is 0. The SMILES string of the molecule is OCC1O[C@@H](CNc2ccc(F)c(F)c2)CC(n2cc(-c3cccc(F)c3)nn2)[C@H]1O. The Bertz CT molecular complexity index is 1050. The van der Waals surface area contributed by atoms with E-state index in [4.69, 9.17) is 4.74 Å². The first-order chi connectivity index (χ1) is 14.9. The number of aromatic nitrogens is 3. The van der Waals surface area contributed by atoms with Crippen LogP contribution in [0.25, 0.3) is 11.3 Å². The molecule has 0 spiro atoms. The van der Waals surface area contributed by atoms with Gasteiger partial charge in [0.05, 0.1) is 24.9 Å². The Balaban J connectivity index is 1.49. The summed E-state index contributed by atoms with van der Waals surface area (Å²) in [5.74, 6) is -2.31. The summed E-state index contributed by atoms with van der Waals surface area (Å²) < 4.78 is 47.2. The Morgan fingerprint density at radius 3 is 2.71 bits per heavy atom. The number of hydrogen-bond acceptors (Lipinski definition) is 6. The van der Waals surface area contributed by atoms with E-state index in [1.54, 1.807) is 18.3 Å². The predicted octanol–water partition coefficient (Wildman–Crippen LogP) is 2.53. The van der Waals surface area contributed by atoms with Crippen LogP contribution < -0.4 is 5.32 Å². The predicted molar refractivity (Wildman–Crippen MR) is 106 cm³/mol. The zero-order chi connectivity index (χ0) is 22.0. The maximum atomic E-state index is 13.5. The molecule has 3 N–H and O–H groups in total. The minimum atomic E-state index is -1.05. The first-order valence-electron chi connectivity index (χ1n) is 9.75. The lowest BCUT2D eigenvalue weighted by molar-refractivity contribution is -0.152. The van der Waals surface area contributed by atoms with Gasteiger partial charge in [0.15, 0.2) is 11.6 Å². The van der Waals surface area contributed by atoms with Crippen LogP contribution >= 0.6 is 0 Å². The molecule has 1 fully saturated rings. The zero-order valence-electron chi connectivity index (χ0n) is 16.3. The van der Waals surface area contributed by atoms with E-state index < -0.39 is 48.4 Å². The molecule has 0 amide bonds. The highest BCUT2D eigenvalue weighted by Crippen LogP contribution is 2.30. The maximum Gasteiger partial charge on any atom is 0.160 e. The molecule has 10 heteroatoms. The van der Waals surface area contributed by atoms with Crippen molar-refractivity contribution in [2.24, 2.45) is 0 Å². The number of hydrogen-bond donors (Lipinski definition) is 3. The Hall–Kier alpha value is -2.95. The maximum absolute atomic E-state index is 13.5. The second kappa shape index (κ2) is 9.04. The molecule has 2 unspecified atom stereocenters. The van der Waals surface area contributed by atoms with E-state index in [1.807, 2.05) is 0 Å². The van der Waals surface area contributed by atoms with Crippen LogP contribution in [0.4, 0.5) is 18.9 Å². The molecule has 1 aromatic heterocycles. The summed E-state index contributed by atoms with van der Waals surface area (Å²) in [7, 11) is 0. The van der Waals surface area contributed by atoms with E-state index in [9.17, 15) is 23.4 Å². The molecule has 0 radical (unpaired) electrons. The number of aliphatic hydroxyl groups is 2. The number of halogens is 3. The third-order valence-electron chi connectivity index (χ3n) is 5.25. The second-order valence-electron chi connectivity index (χ2n) is 7.38. The molecule has 3 aromatic rings. The molecule has 1 saturated heterocycles. The van der Waals surface area contributed by atoms with E-state index >= 15 is 0 Å². The third-order valence-corrected chi connectivity index (χ3v) is 5.25. The van der Waals surface area contributed by atoms with Crippen LogP contribution in [0.15, 0.2) is 48.7 Å². The molecule has 0 bridgehead atoms. The van der Waals surface area contributed by atoms with E-state index in [2.05, 4.69) is 15.6 Å². The van der Waals surface area contributed by atoms with Crippen molar-refractivity contribution in [2.75, 3.05) is 18.5 Å². The van der Waals surface area contributed by atoms with Gasteiger partial charge in [0.1, 0.15) is 23.7 Å². The van der Waals surface area contributed by atoms with Crippen LogP contribution in [0.1, 0.15) is 12.5 Å². The molecule has 7 nitrogen and oxygen atoms in total. The number of ether oxygens (including phenoxy) is 1. The van der Waals surface area contributed by atoms with Crippen molar-refractivity contribution in [1.29, 1.82) is 0 Å². The van der Waals surface area contributed by atoms with Gasteiger partial charge in [-0.05, 0) is 24.3 Å². The summed E-state index contributed by atoms with van der Waals surface area (Å²) in [6, 6.07) is 8.82. The van der Waals surface area contributed by atoms with Gasteiger partial charge in [0.25, 0.3) is 0 Å². The lowest BCUT2D eigenvalue weighted by Crippen LogP contribution is -2.49. The van der Waals surface area contributed by atoms with Crippen LogP contribution in [-0.2, 0) is 4.74 Å². The lowest BCUT2D eigenvalue weighted by Gasteiger charge is -2.38. The molecule has 2 heterocycles. The topological polar surface area (TPSA) is 92.4 Å². The van der Waals surface area contributed by atoms with Crippen LogP contribution in [0.3, 0.4) is 0 Å². The van der Waals surface area contributed by atoms with Crippen molar-refractivity contribution in [3.63, 3.8) is 0 Å². The fourth-order valence-corrected chi connectivity index (χ4v) is 3.64. The molecule has 1 aliphatic rings. The zero-order valence-corrected chi connectivity index (χ0v) is 16.3. The van der Waals surface area contributed by atoms with E-state index in [0.29, 0.717) is 23.4 Å². The molecule has 164 valence electrons. The normalized spacial score (nSPS) is 23.6. The van der Waals surface area contributed by atoms with E-state index in [0.717, 1.165) is 12.1 Å². The first kappa shape index (κ1) is 21.3. The highest BCUT2D eigenvalue weighted by atomic mass is 19.2. The average molecular weight is 434 g/mol. The summed E-state index contributed by atoms with van der Waals surface area (Å²) in [6.07, 6.45) is -0.452. The van der Waals surface area contributed by atoms with E-state index in [1.165, 1.54) is 22.9 Å². The van der Waals surface area contributed by atoms with Crippen molar-refractivity contribution >= 4 is 5.69 Å². The van der Waals surface area contributed by atoms with Gasteiger partial charge in [-0.1, -0.05) is 17.3 Å². The van der Waals surface area contributed by atoms with Gasteiger partial charge < -0.3 is 20.3 Å². The van der Waals surface area contributed by atoms with Gasteiger partial charge in [-0.3, -0.25) is 0 Å². The number of rotatable bonds is 6. The largest absolute Gasteiger partial charge is 0.394 e. The lowest BCUT2D eigenvalue weighted by atomic mass is 9.95. The average Bonchev–Trinajstić information content (AvgIpc) is 3.25. The Labute approximate surface area is 176 Å². The monoisotopic (exact) mass is 434 g/mol. The molecular weight excluding hydrogens is 413 g/mol. The van der Waals surface area contributed by atoms with Crippen molar-refractivity contribution in [2.45, 2.75) is 30.8 Å². The van der Waals surface area contributed by atoms with Crippen LogP contribution in [-0.4, -0.2) is 56.7 Å². The fraction of sp³-hybridized carbons (Fsp3) is 0.333. The second-order valence-corrected chi connectivity index (χ2v) is 7.38. The minimum absolute atomic E-state index is 0.232. The minimum Gasteiger partial charge on any atom is -0.394 e. The number of nitrogens with zero attached hydrogens (tertiary/aromatic N) is 3. The number of aliphatic hydroxyl groups excluding tert-OH is 2. The van der Waals surface area contributed by atoms with Gasteiger partial charge in [-0.15, -0.1) is 5.10 Å². The van der Waals surface area contributed by atoms with Crippen molar-refractivity contribution in [3.05, 3.63) is 66.1 Å².